The fraction of sp³-hybridized carbons (Fsp3) is 0.100. The fourth-order valence-electron chi connectivity index (χ4n) is 1.30. The average molecular weight is 305 g/mol. The van der Waals surface area contributed by atoms with Crippen LogP contribution in [0.2, 0.25) is 0 Å². The maximum absolute atomic E-state index is 12.1. The number of alkyl halides is 2. The Labute approximate surface area is 112 Å². The molecule has 0 saturated heterocycles. The molecule has 0 radical (unpaired) electrons. The number of aromatic amines is 1. The molecule has 0 saturated carbocycles. The fourth-order valence-corrected chi connectivity index (χ4v) is 2.77. The number of benzene rings is 1. The van der Waals surface area contributed by atoms with Gasteiger partial charge in [0.1, 0.15) is 4.90 Å². The van der Waals surface area contributed by atoms with Crippen LogP contribution in [0.25, 0.3) is 0 Å². The molecule has 2 N–H and O–H groups in total. The van der Waals surface area contributed by atoms with Gasteiger partial charge in [0, 0.05) is 16.8 Å². The van der Waals surface area contributed by atoms with Gasteiger partial charge in [0.15, 0.2) is 0 Å². The number of H-pyrrole nitrogens is 1. The SMILES string of the molecule is O=S(=O)(Nc1ccc(SC(F)F)cc1)c1cn[nH]c1. The summed E-state index contributed by atoms with van der Waals surface area (Å²) < 4.78 is 50.2. The maximum atomic E-state index is 12.1. The first-order valence-corrected chi connectivity index (χ1v) is 7.40. The second-order valence-electron chi connectivity index (χ2n) is 3.44. The molecule has 0 aliphatic rings. The van der Waals surface area contributed by atoms with Crippen LogP contribution in [0.3, 0.4) is 0 Å². The zero-order valence-corrected chi connectivity index (χ0v) is 11.0. The molecule has 0 aliphatic carbocycles. The first-order chi connectivity index (χ1) is 8.97. The van der Waals surface area contributed by atoms with E-state index in [0.29, 0.717) is 22.3 Å². The molecule has 0 bridgehead atoms. The number of rotatable bonds is 5. The highest BCUT2D eigenvalue weighted by atomic mass is 32.2. The summed E-state index contributed by atoms with van der Waals surface area (Å²) in [5.41, 5.74) is 0.291. The number of nitrogens with one attached hydrogen (secondary N) is 2. The van der Waals surface area contributed by atoms with E-state index >= 15 is 0 Å². The Hall–Kier alpha value is -1.61. The lowest BCUT2D eigenvalue weighted by Gasteiger charge is -2.06. The van der Waals surface area contributed by atoms with Crippen molar-refractivity contribution in [1.82, 2.24) is 10.2 Å². The van der Waals surface area contributed by atoms with Crippen LogP contribution in [0, 0.1) is 0 Å². The van der Waals surface area contributed by atoms with Gasteiger partial charge in [0.2, 0.25) is 0 Å². The molecule has 5 nitrogen and oxygen atoms in total. The number of aromatic nitrogens is 2. The van der Waals surface area contributed by atoms with Gasteiger partial charge in [0.25, 0.3) is 15.8 Å². The van der Waals surface area contributed by atoms with E-state index in [1.54, 1.807) is 0 Å². The minimum absolute atomic E-state index is 0.00136. The van der Waals surface area contributed by atoms with Crippen LogP contribution in [-0.4, -0.2) is 24.4 Å². The predicted molar refractivity (Wildman–Crippen MR) is 67.7 cm³/mol. The van der Waals surface area contributed by atoms with Gasteiger partial charge in [-0.3, -0.25) is 9.82 Å². The largest absolute Gasteiger partial charge is 0.288 e. The first-order valence-electron chi connectivity index (χ1n) is 5.04. The third kappa shape index (κ3) is 3.67. The lowest BCUT2D eigenvalue weighted by atomic mass is 10.3. The molecule has 1 aromatic heterocycles. The number of thioether (sulfide) groups is 1. The highest BCUT2D eigenvalue weighted by Crippen LogP contribution is 2.26. The van der Waals surface area contributed by atoms with Crippen LogP contribution in [0.15, 0.2) is 46.5 Å². The van der Waals surface area contributed by atoms with Crippen molar-refractivity contribution in [1.29, 1.82) is 0 Å². The van der Waals surface area contributed by atoms with Crippen molar-refractivity contribution >= 4 is 27.5 Å². The molecular weight excluding hydrogens is 296 g/mol. The summed E-state index contributed by atoms with van der Waals surface area (Å²) in [6.45, 7) is 0. The zero-order valence-electron chi connectivity index (χ0n) is 9.38. The van der Waals surface area contributed by atoms with Crippen molar-refractivity contribution in [3.05, 3.63) is 36.7 Å². The summed E-state index contributed by atoms with van der Waals surface area (Å²) in [7, 11) is -3.70. The zero-order chi connectivity index (χ0) is 13.9. The van der Waals surface area contributed by atoms with E-state index in [4.69, 9.17) is 0 Å². The standard InChI is InChI=1S/C10H9F2N3O2S2/c11-10(12)18-8-3-1-7(2-4-8)15-19(16,17)9-5-13-14-6-9/h1-6,10,15H,(H,13,14). The molecule has 0 amide bonds. The van der Waals surface area contributed by atoms with Crippen molar-refractivity contribution in [3.63, 3.8) is 0 Å². The summed E-state index contributed by atoms with van der Waals surface area (Å²) in [6, 6.07) is 5.68. The normalized spacial score (nSPS) is 11.7. The molecule has 0 fully saturated rings. The smallest absolute Gasteiger partial charge is 0.284 e. The van der Waals surface area contributed by atoms with Crippen molar-refractivity contribution in [3.8, 4) is 0 Å². The Morgan fingerprint density at radius 1 is 1.26 bits per heavy atom. The number of hydrogen-bond acceptors (Lipinski definition) is 4. The summed E-state index contributed by atoms with van der Waals surface area (Å²) in [4.78, 5) is 0.361. The lowest BCUT2D eigenvalue weighted by Crippen LogP contribution is -2.12. The van der Waals surface area contributed by atoms with Crippen LogP contribution >= 0.6 is 11.8 Å². The molecule has 1 heterocycles. The number of nitrogens with zero attached hydrogens (tertiary/aromatic N) is 1. The molecular formula is C10H9F2N3O2S2. The summed E-state index contributed by atoms with van der Waals surface area (Å²) in [5, 5.41) is 5.94. The first kappa shape index (κ1) is 13.8. The summed E-state index contributed by atoms with van der Waals surface area (Å²) in [5.74, 6) is -2.51. The van der Waals surface area contributed by atoms with Gasteiger partial charge in [-0.2, -0.15) is 13.9 Å². The Morgan fingerprint density at radius 2 is 1.95 bits per heavy atom. The average Bonchev–Trinajstić information content (AvgIpc) is 2.85. The van der Waals surface area contributed by atoms with Crippen LogP contribution in [0.5, 0.6) is 0 Å². The van der Waals surface area contributed by atoms with Gasteiger partial charge in [-0.25, -0.2) is 8.42 Å². The van der Waals surface area contributed by atoms with Crippen molar-refractivity contribution in [2.75, 3.05) is 4.72 Å². The van der Waals surface area contributed by atoms with Gasteiger partial charge in [0.05, 0.1) is 6.20 Å². The quantitative estimate of drug-likeness (QED) is 0.832. The highest BCUT2D eigenvalue weighted by molar-refractivity contribution is 7.99. The Morgan fingerprint density at radius 3 is 2.47 bits per heavy atom. The van der Waals surface area contributed by atoms with Crippen LogP contribution < -0.4 is 4.72 Å². The number of hydrogen-bond donors (Lipinski definition) is 2. The van der Waals surface area contributed by atoms with E-state index in [9.17, 15) is 17.2 Å². The predicted octanol–water partition coefficient (Wildman–Crippen LogP) is 2.53. The van der Waals surface area contributed by atoms with E-state index in [1.807, 2.05) is 0 Å². The molecule has 19 heavy (non-hydrogen) atoms. The van der Waals surface area contributed by atoms with E-state index in [0.717, 1.165) is 0 Å². The van der Waals surface area contributed by atoms with Crippen LogP contribution in [0.1, 0.15) is 0 Å². The monoisotopic (exact) mass is 305 g/mol. The van der Waals surface area contributed by atoms with Crippen LogP contribution in [0.4, 0.5) is 14.5 Å². The molecule has 2 rings (SSSR count). The van der Waals surface area contributed by atoms with Gasteiger partial charge in [-0.15, -0.1) is 0 Å². The minimum Gasteiger partial charge on any atom is -0.284 e. The van der Waals surface area contributed by atoms with Gasteiger partial charge in [-0.05, 0) is 24.3 Å². The molecule has 0 aliphatic heterocycles. The Kier molecular flexibility index (Phi) is 4.05. The molecule has 1 aromatic carbocycles. The van der Waals surface area contributed by atoms with E-state index in [2.05, 4.69) is 14.9 Å². The third-order valence-electron chi connectivity index (χ3n) is 2.12. The van der Waals surface area contributed by atoms with Gasteiger partial charge in [-0.1, -0.05) is 11.8 Å². The molecule has 0 spiro atoms. The second-order valence-corrected chi connectivity index (χ2v) is 6.19. The van der Waals surface area contributed by atoms with Gasteiger partial charge < -0.3 is 0 Å². The molecule has 9 heteroatoms. The molecule has 2 aromatic rings. The minimum atomic E-state index is -3.70. The Bertz CT molecular complexity index is 627. The topological polar surface area (TPSA) is 74.8 Å². The third-order valence-corrected chi connectivity index (χ3v) is 4.19. The summed E-state index contributed by atoms with van der Waals surface area (Å²) >= 11 is 0.397. The molecule has 0 atom stereocenters. The Balaban J connectivity index is 2.12. The van der Waals surface area contributed by atoms with E-state index < -0.39 is 15.8 Å². The van der Waals surface area contributed by atoms with Crippen molar-refractivity contribution < 1.29 is 17.2 Å². The van der Waals surface area contributed by atoms with Gasteiger partial charge >= 0.3 is 0 Å². The van der Waals surface area contributed by atoms with E-state index in [1.165, 1.54) is 36.7 Å². The summed E-state index contributed by atoms with van der Waals surface area (Å²) in [6.07, 6.45) is 2.41. The number of sulfonamides is 1. The molecule has 0 unspecified atom stereocenters. The second kappa shape index (κ2) is 5.57. The molecule has 102 valence electrons. The van der Waals surface area contributed by atoms with E-state index in [-0.39, 0.29) is 4.90 Å². The van der Waals surface area contributed by atoms with Crippen molar-refractivity contribution in [2.24, 2.45) is 0 Å². The number of halogens is 2. The van der Waals surface area contributed by atoms with Crippen molar-refractivity contribution in [2.45, 2.75) is 15.5 Å². The highest BCUT2D eigenvalue weighted by Gasteiger charge is 2.15. The maximum Gasteiger partial charge on any atom is 0.288 e. The van der Waals surface area contributed by atoms with Crippen LogP contribution in [-0.2, 0) is 10.0 Å². The lowest BCUT2D eigenvalue weighted by molar-refractivity contribution is 0.252. The number of anilines is 1.